The van der Waals surface area contributed by atoms with Gasteiger partial charge < -0.3 is 9.88 Å². The Labute approximate surface area is 164 Å². The number of nitrogens with zero attached hydrogens (tertiary/aromatic N) is 5. The standard InChI is InChI=1S/C20H26N6O2/c1-23-9-7-21-19(23)18(16-5-3-2-4-6-16)25-13-11-24(12-14-25)15-17(27)26-10-8-22-20(26)28/h2-7,9,18H,8,10-15H2,1H3,(H,22,28)/t18-/m1/s1. The Kier molecular flexibility index (Phi) is 5.40. The predicted octanol–water partition coefficient (Wildman–Crippen LogP) is 0.679. The molecule has 0 unspecified atom stereocenters. The van der Waals surface area contributed by atoms with Crippen molar-refractivity contribution in [2.24, 2.45) is 7.05 Å². The summed E-state index contributed by atoms with van der Waals surface area (Å²) in [6.07, 6.45) is 3.81. The van der Waals surface area contributed by atoms with Gasteiger partial charge in [0.2, 0.25) is 5.91 Å². The van der Waals surface area contributed by atoms with Crippen molar-refractivity contribution in [2.75, 3.05) is 45.8 Å². The average molecular weight is 382 g/mol. The summed E-state index contributed by atoms with van der Waals surface area (Å²) in [5.41, 5.74) is 1.22. The first-order valence-electron chi connectivity index (χ1n) is 9.70. The van der Waals surface area contributed by atoms with Crippen molar-refractivity contribution in [2.45, 2.75) is 6.04 Å². The van der Waals surface area contributed by atoms with Gasteiger partial charge in [-0.05, 0) is 5.56 Å². The van der Waals surface area contributed by atoms with Crippen LogP contribution in [-0.2, 0) is 11.8 Å². The molecule has 8 nitrogen and oxygen atoms in total. The Morgan fingerprint density at radius 3 is 2.50 bits per heavy atom. The third-order valence-corrected chi connectivity index (χ3v) is 5.51. The number of nitrogens with one attached hydrogen (secondary N) is 1. The maximum absolute atomic E-state index is 12.4. The summed E-state index contributed by atoms with van der Waals surface area (Å²) in [7, 11) is 2.02. The van der Waals surface area contributed by atoms with Crippen LogP contribution in [0.4, 0.5) is 4.79 Å². The van der Waals surface area contributed by atoms with Crippen LogP contribution >= 0.6 is 0 Å². The second-order valence-corrected chi connectivity index (χ2v) is 7.30. The SMILES string of the molecule is Cn1ccnc1[C@@H](c1ccccc1)N1CCN(CC(=O)N2CCNC2=O)CC1. The van der Waals surface area contributed by atoms with E-state index in [1.165, 1.54) is 10.5 Å². The second-order valence-electron chi connectivity index (χ2n) is 7.30. The zero-order valence-corrected chi connectivity index (χ0v) is 16.1. The first kappa shape index (κ1) is 18.6. The first-order chi connectivity index (χ1) is 13.6. The van der Waals surface area contributed by atoms with Gasteiger partial charge in [0.1, 0.15) is 5.82 Å². The zero-order chi connectivity index (χ0) is 19.5. The van der Waals surface area contributed by atoms with Gasteiger partial charge in [-0.15, -0.1) is 0 Å². The molecule has 0 aliphatic carbocycles. The van der Waals surface area contributed by atoms with E-state index in [4.69, 9.17) is 0 Å². The molecule has 0 saturated carbocycles. The van der Waals surface area contributed by atoms with Crippen LogP contribution in [0.5, 0.6) is 0 Å². The normalized spacial score (nSPS) is 19.6. The summed E-state index contributed by atoms with van der Waals surface area (Å²) >= 11 is 0. The van der Waals surface area contributed by atoms with Crippen LogP contribution in [0.2, 0.25) is 0 Å². The Morgan fingerprint density at radius 2 is 1.89 bits per heavy atom. The molecule has 1 atom stereocenters. The van der Waals surface area contributed by atoms with Crippen LogP contribution < -0.4 is 5.32 Å². The second kappa shape index (κ2) is 8.12. The number of benzene rings is 1. The first-order valence-corrected chi connectivity index (χ1v) is 9.70. The van der Waals surface area contributed by atoms with E-state index in [0.717, 1.165) is 32.0 Å². The van der Waals surface area contributed by atoms with E-state index < -0.39 is 0 Å². The number of amides is 3. The number of rotatable bonds is 5. The Bertz CT molecular complexity index is 828. The summed E-state index contributed by atoms with van der Waals surface area (Å²) in [6.45, 7) is 4.55. The molecule has 3 heterocycles. The fourth-order valence-corrected chi connectivity index (χ4v) is 3.97. The minimum Gasteiger partial charge on any atom is -0.336 e. The highest BCUT2D eigenvalue weighted by atomic mass is 16.2. The number of hydrogen-bond acceptors (Lipinski definition) is 5. The Balaban J connectivity index is 1.43. The molecule has 1 aromatic carbocycles. The van der Waals surface area contributed by atoms with E-state index in [2.05, 4.69) is 48.9 Å². The van der Waals surface area contributed by atoms with Crippen LogP contribution in [0.3, 0.4) is 0 Å². The van der Waals surface area contributed by atoms with Gasteiger partial charge in [-0.25, -0.2) is 9.78 Å². The number of carbonyl (C=O) groups is 2. The fourth-order valence-electron chi connectivity index (χ4n) is 3.97. The molecule has 1 aromatic heterocycles. The van der Waals surface area contributed by atoms with E-state index in [1.807, 2.05) is 25.5 Å². The number of piperazine rings is 1. The minimum atomic E-state index is -0.275. The zero-order valence-electron chi connectivity index (χ0n) is 16.1. The molecule has 148 valence electrons. The third-order valence-electron chi connectivity index (χ3n) is 5.51. The summed E-state index contributed by atoms with van der Waals surface area (Å²) in [5.74, 6) is 0.900. The molecule has 2 aliphatic heterocycles. The maximum Gasteiger partial charge on any atom is 0.324 e. The van der Waals surface area contributed by atoms with Crippen molar-refractivity contribution in [1.82, 2.24) is 29.6 Å². The van der Waals surface area contributed by atoms with Gasteiger partial charge in [-0.2, -0.15) is 0 Å². The van der Waals surface area contributed by atoms with Crippen molar-refractivity contribution in [3.63, 3.8) is 0 Å². The van der Waals surface area contributed by atoms with Crippen LogP contribution in [0.15, 0.2) is 42.7 Å². The molecule has 0 bridgehead atoms. The van der Waals surface area contributed by atoms with Gasteiger partial charge in [0.05, 0.1) is 12.6 Å². The highest BCUT2D eigenvalue weighted by Crippen LogP contribution is 2.28. The Morgan fingerprint density at radius 1 is 1.14 bits per heavy atom. The van der Waals surface area contributed by atoms with Gasteiger partial charge in [-0.1, -0.05) is 30.3 Å². The van der Waals surface area contributed by atoms with Crippen molar-refractivity contribution in [3.05, 3.63) is 54.1 Å². The van der Waals surface area contributed by atoms with Crippen LogP contribution in [0, 0.1) is 0 Å². The number of imidazole rings is 1. The van der Waals surface area contributed by atoms with Gasteiger partial charge in [0.25, 0.3) is 0 Å². The van der Waals surface area contributed by atoms with Crippen LogP contribution in [-0.4, -0.2) is 82.0 Å². The van der Waals surface area contributed by atoms with E-state index >= 15 is 0 Å². The number of hydrogen-bond donors (Lipinski definition) is 1. The largest absolute Gasteiger partial charge is 0.336 e. The third kappa shape index (κ3) is 3.79. The number of aryl methyl sites for hydroxylation is 1. The lowest BCUT2D eigenvalue weighted by Gasteiger charge is -2.39. The van der Waals surface area contributed by atoms with Gasteiger partial charge in [0.15, 0.2) is 0 Å². The molecular weight excluding hydrogens is 356 g/mol. The number of imide groups is 1. The molecule has 2 aromatic rings. The van der Waals surface area contributed by atoms with Crippen LogP contribution in [0.25, 0.3) is 0 Å². The number of aromatic nitrogens is 2. The lowest BCUT2D eigenvalue weighted by molar-refractivity contribution is -0.129. The van der Waals surface area contributed by atoms with Gasteiger partial charge >= 0.3 is 6.03 Å². The van der Waals surface area contributed by atoms with Crippen molar-refractivity contribution in [3.8, 4) is 0 Å². The quantitative estimate of drug-likeness (QED) is 0.823. The van der Waals surface area contributed by atoms with Crippen molar-refractivity contribution >= 4 is 11.9 Å². The maximum atomic E-state index is 12.4. The average Bonchev–Trinajstić information content (AvgIpc) is 3.33. The highest BCUT2D eigenvalue weighted by Gasteiger charge is 2.31. The molecule has 2 fully saturated rings. The highest BCUT2D eigenvalue weighted by molar-refractivity contribution is 5.96. The van der Waals surface area contributed by atoms with Crippen LogP contribution in [0.1, 0.15) is 17.4 Å². The summed E-state index contributed by atoms with van der Waals surface area (Å²) in [4.78, 5) is 34.5. The lowest BCUT2D eigenvalue weighted by Crippen LogP contribution is -2.51. The monoisotopic (exact) mass is 382 g/mol. The van der Waals surface area contributed by atoms with Gasteiger partial charge in [-0.3, -0.25) is 19.5 Å². The van der Waals surface area contributed by atoms with Crippen molar-refractivity contribution < 1.29 is 9.59 Å². The van der Waals surface area contributed by atoms with E-state index in [9.17, 15) is 9.59 Å². The summed E-state index contributed by atoms with van der Waals surface area (Å²) < 4.78 is 2.07. The smallest absolute Gasteiger partial charge is 0.324 e. The topological polar surface area (TPSA) is 73.7 Å². The molecule has 2 aliphatic rings. The number of urea groups is 1. The summed E-state index contributed by atoms with van der Waals surface area (Å²) in [6, 6.07) is 10.2. The van der Waals surface area contributed by atoms with Gasteiger partial charge in [0, 0.05) is 58.7 Å². The fraction of sp³-hybridized carbons (Fsp3) is 0.450. The van der Waals surface area contributed by atoms with Crippen molar-refractivity contribution in [1.29, 1.82) is 0 Å². The van der Waals surface area contributed by atoms with E-state index in [0.29, 0.717) is 19.6 Å². The molecule has 8 heteroatoms. The molecule has 2 saturated heterocycles. The summed E-state index contributed by atoms with van der Waals surface area (Å²) in [5, 5.41) is 2.68. The molecule has 0 spiro atoms. The van der Waals surface area contributed by atoms with E-state index in [-0.39, 0.29) is 18.0 Å². The Hall–Kier alpha value is -2.71. The van der Waals surface area contributed by atoms with E-state index in [1.54, 1.807) is 0 Å². The molecule has 28 heavy (non-hydrogen) atoms. The molecular formula is C20H26N6O2. The molecule has 0 radical (unpaired) electrons. The molecule has 1 N–H and O–H groups in total. The molecule has 3 amide bonds. The predicted molar refractivity (Wildman–Crippen MR) is 105 cm³/mol. The number of carbonyl (C=O) groups excluding carboxylic acids is 2. The minimum absolute atomic E-state index is 0.0865. The lowest BCUT2D eigenvalue weighted by atomic mass is 10.0. The molecule has 4 rings (SSSR count).